The van der Waals surface area contributed by atoms with Gasteiger partial charge in [0.1, 0.15) is 11.7 Å². The lowest BCUT2D eigenvalue weighted by Gasteiger charge is -2.28. The minimum Gasteiger partial charge on any atom is -0.444 e. The summed E-state index contributed by atoms with van der Waals surface area (Å²) in [6, 6.07) is 11.6. The third kappa shape index (κ3) is 6.20. The highest BCUT2D eigenvalue weighted by atomic mass is 32.1. The number of ether oxygens (including phenoxy) is 1. The number of fused-ring (bicyclic) bond motifs is 1. The average Bonchev–Trinajstić information content (AvgIpc) is 3.52. The molecule has 0 saturated carbocycles. The van der Waals surface area contributed by atoms with Crippen molar-refractivity contribution >= 4 is 45.7 Å². The molecule has 0 spiro atoms. The number of nitrogens with one attached hydrogen (secondary N) is 3. The van der Waals surface area contributed by atoms with Gasteiger partial charge in [-0.2, -0.15) is 10.4 Å². The van der Waals surface area contributed by atoms with Crippen molar-refractivity contribution in [2.24, 2.45) is 0 Å². The van der Waals surface area contributed by atoms with Crippen LogP contribution in [0.5, 0.6) is 0 Å². The monoisotopic (exact) mass is 535 g/mol. The number of carbonyl (C=O) groups is 1. The van der Waals surface area contributed by atoms with Gasteiger partial charge in [0.2, 0.25) is 0 Å². The molecule has 38 heavy (non-hydrogen) atoms. The zero-order valence-corrected chi connectivity index (χ0v) is 22.7. The highest BCUT2D eigenvalue weighted by Gasteiger charge is 2.26. The summed E-state index contributed by atoms with van der Waals surface area (Å²) in [5.41, 5.74) is 1.07. The molecule has 2 atom stereocenters. The fourth-order valence-corrected chi connectivity index (χ4v) is 4.84. The van der Waals surface area contributed by atoms with Crippen molar-refractivity contribution < 1.29 is 13.9 Å². The molecular formula is C27H30FN7O2S. The lowest BCUT2D eigenvalue weighted by Crippen LogP contribution is -2.42. The molecule has 3 N–H and O–H groups in total. The minimum atomic E-state index is -0.683. The van der Waals surface area contributed by atoms with Crippen LogP contribution < -0.4 is 16.0 Å². The molecule has 4 rings (SSSR count). The minimum absolute atomic E-state index is 0.0531. The van der Waals surface area contributed by atoms with Gasteiger partial charge in [-0.1, -0.05) is 6.07 Å². The summed E-state index contributed by atoms with van der Waals surface area (Å²) in [5.74, 6) is -0.531. The predicted octanol–water partition coefficient (Wildman–Crippen LogP) is 6.33. The Balaban J connectivity index is 1.62. The Kier molecular flexibility index (Phi) is 7.83. The van der Waals surface area contributed by atoms with E-state index in [1.165, 1.54) is 11.3 Å². The third-order valence-corrected chi connectivity index (χ3v) is 6.64. The van der Waals surface area contributed by atoms with Gasteiger partial charge < -0.3 is 20.7 Å². The number of nitrogens with zero attached hydrogens (tertiary/aromatic N) is 4. The number of aryl methyl sites for hydroxylation is 1. The summed E-state index contributed by atoms with van der Waals surface area (Å²) in [4.78, 5) is 17.7. The Bertz CT molecular complexity index is 1470. The first-order chi connectivity index (χ1) is 18.1. The molecule has 0 unspecified atom stereocenters. The highest BCUT2D eigenvalue weighted by molar-refractivity contribution is 7.10. The van der Waals surface area contributed by atoms with Gasteiger partial charge in [0.15, 0.2) is 17.5 Å². The second-order valence-corrected chi connectivity index (χ2v) is 10.7. The van der Waals surface area contributed by atoms with Crippen LogP contribution in [0.1, 0.15) is 51.1 Å². The largest absolute Gasteiger partial charge is 0.444 e. The number of pyridine rings is 1. The number of benzene rings is 1. The quantitative estimate of drug-likeness (QED) is 0.241. The Morgan fingerprint density at radius 2 is 2.05 bits per heavy atom. The zero-order valence-electron chi connectivity index (χ0n) is 21.9. The molecule has 0 fully saturated rings. The van der Waals surface area contributed by atoms with Crippen LogP contribution >= 0.6 is 11.3 Å². The number of halogens is 1. The van der Waals surface area contributed by atoms with E-state index in [9.17, 15) is 10.1 Å². The lowest BCUT2D eigenvalue weighted by atomic mass is 10.1. The standard InChI is InChI=1S/C27H30FN7O2S/c1-6-35-21-10-9-19(12-18(21)15-30-35)32-24-17(14-29)13-20(28)25(34-24)33-23(22-8-7-11-38-22)16(2)31-26(36)37-27(3,4)5/h7-13,15-16,23H,6H2,1-5H3,(H,31,36)(H2,32,33,34)/t16-,23-/m0/s1. The maximum absolute atomic E-state index is 15.1. The van der Waals surface area contributed by atoms with E-state index in [4.69, 9.17) is 4.74 Å². The van der Waals surface area contributed by atoms with Gasteiger partial charge in [-0.25, -0.2) is 14.2 Å². The predicted molar refractivity (Wildman–Crippen MR) is 147 cm³/mol. The van der Waals surface area contributed by atoms with E-state index in [1.807, 2.05) is 53.4 Å². The maximum Gasteiger partial charge on any atom is 0.407 e. The molecule has 11 heteroatoms. The van der Waals surface area contributed by atoms with Crippen LogP contribution in [0.25, 0.3) is 10.9 Å². The molecule has 3 heterocycles. The number of carbonyl (C=O) groups excluding carboxylic acids is 1. The number of hydrogen-bond donors (Lipinski definition) is 3. The molecule has 0 bridgehead atoms. The van der Waals surface area contributed by atoms with Crippen molar-refractivity contribution in [1.82, 2.24) is 20.1 Å². The van der Waals surface area contributed by atoms with Crippen LogP contribution in [0, 0.1) is 17.1 Å². The number of rotatable bonds is 8. The number of amides is 1. The number of nitriles is 1. The van der Waals surface area contributed by atoms with Crippen molar-refractivity contribution in [3.05, 3.63) is 64.2 Å². The fourth-order valence-electron chi connectivity index (χ4n) is 3.96. The zero-order chi connectivity index (χ0) is 27.4. The Labute approximate surface area is 224 Å². The number of aromatic nitrogens is 3. The van der Waals surface area contributed by atoms with Gasteiger partial charge >= 0.3 is 6.09 Å². The fraction of sp³-hybridized carbons (Fsp3) is 0.333. The number of hydrogen-bond acceptors (Lipinski definition) is 8. The molecule has 0 aliphatic carbocycles. The van der Waals surface area contributed by atoms with E-state index in [1.54, 1.807) is 33.9 Å². The molecule has 0 aliphatic heterocycles. The highest BCUT2D eigenvalue weighted by Crippen LogP contribution is 2.30. The summed E-state index contributed by atoms with van der Waals surface area (Å²) in [5, 5.41) is 25.9. The van der Waals surface area contributed by atoms with E-state index in [2.05, 4.69) is 26.0 Å². The molecule has 1 aromatic carbocycles. The van der Waals surface area contributed by atoms with Gasteiger partial charge in [-0.05, 0) is 70.3 Å². The van der Waals surface area contributed by atoms with E-state index in [0.29, 0.717) is 5.69 Å². The molecule has 198 valence electrons. The van der Waals surface area contributed by atoms with Crippen molar-refractivity contribution in [3.63, 3.8) is 0 Å². The van der Waals surface area contributed by atoms with Crippen LogP contribution in [0.3, 0.4) is 0 Å². The van der Waals surface area contributed by atoms with Gasteiger partial charge in [0.25, 0.3) is 0 Å². The lowest BCUT2D eigenvalue weighted by molar-refractivity contribution is 0.0503. The first-order valence-corrected chi connectivity index (χ1v) is 13.1. The van der Waals surface area contributed by atoms with Gasteiger partial charge in [0.05, 0.1) is 29.4 Å². The average molecular weight is 536 g/mol. The first-order valence-electron chi connectivity index (χ1n) is 12.2. The molecule has 0 aliphatic rings. The third-order valence-electron chi connectivity index (χ3n) is 5.69. The topological polar surface area (TPSA) is 117 Å². The van der Waals surface area contributed by atoms with E-state index < -0.39 is 29.6 Å². The second kappa shape index (κ2) is 11.1. The van der Waals surface area contributed by atoms with Gasteiger partial charge in [-0.3, -0.25) is 4.68 Å². The molecule has 0 saturated heterocycles. The normalized spacial score (nSPS) is 13.0. The van der Waals surface area contributed by atoms with Gasteiger partial charge in [0, 0.05) is 22.5 Å². The molecule has 4 aromatic rings. The Morgan fingerprint density at radius 1 is 1.26 bits per heavy atom. The first kappa shape index (κ1) is 26.9. The summed E-state index contributed by atoms with van der Waals surface area (Å²) in [6.45, 7) is 9.91. The summed E-state index contributed by atoms with van der Waals surface area (Å²) in [7, 11) is 0. The van der Waals surface area contributed by atoms with Gasteiger partial charge in [-0.15, -0.1) is 11.3 Å². The number of alkyl carbamates (subject to hydrolysis) is 1. The summed E-state index contributed by atoms with van der Waals surface area (Å²) in [6.07, 6.45) is 1.19. The van der Waals surface area contributed by atoms with Crippen molar-refractivity contribution in [3.8, 4) is 6.07 Å². The Morgan fingerprint density at radius 3 is 2.71 bits per heavy atom. The molecule has 0 radical (unpaired) electrons. The smallest absolute Gasteiger partial charge is 0.407 e. The van der Waals surface area contributed by atoms with E-state index in [0.717, 1.165) is 28.4 Å². The van der Waals surface area contributed by atoms with Crippen LogP contribution in [-0.2, 0) is 11.3 Å². The SMILES string of the molecule is CCn1ncc2cc(Nc3nc(N[C@H](c4cccs4)[C@H](C)NC(=O)OC(C)(C)C)c(F)cc3C#N)ccc21. The summed E-state index contributed by atoms with van der Waals surface area (Å²) >= 11 is 1.46. The van der Waals surface area contributed by atoms with Crippen molar-refractivity contribution in [1.29, 1.82) is 5.26 Å². The summed E-state index contributed by atoms with van der Waals surface area (Å²) < 4.78 is 22.4. The molecular weight excluding hydrogens is 505 g/mol. The van der Waals surface area contributed by atoms with Crippen LogP contribution in [0.15, 0.2) is 48.0 Å². The van der Waals surface area contributed by atoms with Crippen LogP contribution in [-0.4, -0.2) is 32.5 Å². The van der Waals surface area contributed by atoms with Crippen LogP contribution in [0.4, 0.5) is 26.5 Å². The maximum atomic E-state index is 15.1. The molecule has 3 aromatic heterocycles. The Hall–Kier alpha value is -4.17. The number of thiophene rings is 1. The molecule has 1 amide bonds. The van der Waals surface area contributed by atoms with E-state index >= 15 is 4.39 Å². The van der Waals surface area contributed by atoms with Crippen LogP contribution in [0.2, 0.25) is 0 Å². The number of anilines is 3. The van der Waals surface area contributed by atoms with E-state index in [-0.39, 0.29) is 17.2 Å². The molecule has 9 nitrogen and oxygen atoms in total. The van der Waals surface area contributed by atoms with Crippen molar-refractivity contribution in [2.75, 3.05) is 10.6 Å². The van der Waals surface area contributed by atoms with Crippen molar-refractivity contribution in [2.45, 2.75) is 58.8 Å². The second-order valence-electron chi connectivity index (χ2n) is 9.76.